The number of halogens is 1. The van der Waals surface area contributed by atoms with Gasteiger partial charge in [-0.3, -0.25) is 9.59 Å². The van der Waals surface area contributed by atoms with Crippen molar-refractivity contribution in [3.8, 4) is 0 Å². The van der Waals surface area contributed by atoms with Gasteiger partial charge in [-0.2, -0.15) is 0 Å². The third kappa shape index (κ3) is 5.06. The summed E-state index contributed by atoms with van der Waals surface area (Å²) in [6, 6.07) is 12.8. The highest BCUT2D eigenvalue weighted by molar-refractivity contribution is 9.10. The Balaban J connectivity index is 2.04. The molecule has 2 rings (SSSR count). The molecule has 6 heteroatoms. The fraction of sp³-hybridized carbons (Fsp3) is 0.263. The third-order valence-corrected chi connectivity index (χ3v) is 4.42. The minimum absolute atomic E-state index is 0.567. The molecule has 0 saturated heterocycles. The van der Waals surface area contributed by atoms with E-state index in [9.17, 15) is 9.59 Å². The maximum absolute atomic E-state index is 12.1. The molecule has 0 fully saturated rings. The van der Waals surface area contributed by atoms with E-state index in [1.165, 1.54) is 0 Å². The molecular formula is C19H22BrN3O2. The van der Waals surface area contributed by atoms with E-state index in [4.69, 9.17) is 0 Å². The zero-order valence-electron chi connectivity index (χ0n) is 14.6. The van der Waals surface area contributed by atoms with Gasteiger partial charge in [-0.05, 0) is 68.8 Å². The number of benzene rings is 2. The molecule has 0 aliphatic heterocycles. The molecule has 0 bridgehead atoms. The van der Waals surface area contributed by atoms with Crippen LogP contribution in [0, 0.1) is 6.92 Å². The Hall–Kier alpha value is -2.34. The number of amides is 2. The first-order valence-corrected chi connectivity index (χ1v) is 8.97. The number of hydrogen-bond acceptors (Lipinski definition) is 3. The maximum Gasteiger partial charge on any atom is 0.314 e. The van der Waals surface area contributed by atoms with E-state index in [1.54, 1.807) is 24.3 Å². The van der Waals surface area contributed by atoms with E-state index in [-0.39, 0.29) is 0 Å². The molecule has 25 heavy (non-hydrogen) atoms. The number of anilines is 3. The number of carbonyl (C=O) groups is 2. The van der Waals surface area contributed by atoms with Crippen LogP contribution in [-0.2, 0) is 9.59 Å². The Morgan fingerprint density at radius 1 is 0.960 bits per heavy atom. The molecule has 2 N–H and O–H groups in total. The maximum atomic E-state index is 12.1. The zero-order valence-corrected chi connectivity index (χ0v) is 16.2. The fourth-order valence-electron chi connectivity index (χ4n) is 2.47. The standard InChI is InChI=1S/C19H22BrN3O2/c1-4-23(5-2)16-10-11-17(13(3)12-16)22-19(25)18(24)21-15-8-6-14(20)7-9-15/h6-12H,4-5H2,1-3H3,(H,21,24)(H,22,25). The highest BCUT2D eigenvalue weighted by atomic mass is 79.9. The molecule has 0 radical (unpaired) electrons. The van der Waals surface area contributed by atoms with Gasteiger partial charge in [-0.25, -0.2) is 0 Å². The molecule has 5 nitrogen and oxygen atoms in total. The summed E-state index contributed by atoms with van der Waals surface area (Å²) >= 11 is 3.32. The van der Waals surface area contributed by atoms with Crippen molar-refractivity contribution in [1.82, 2.24) is 0 Å². The first-order chi connectivity index (χ1) is 11.9. The molecule has 2 aromatic rings. The lowest BCUT2D eigenvalue weighted by Crippen LogP contribution is -2.29. The van der Waals surface area contributed by atoms with Crippen molar-refractivity contribution >= 4 is 44.8 Å². The van der Waals surface area contributed by atoms with Crippen LogP contribution in [-0.4, -0.2) is 24.9 Å². The Morgan fingerprint density at radius 3 is 2.12 bits per heavy atom. The van der Waals surface area contributed by atoms with Crippen LogP contribution in [0.1, 0.15) is 19.4 Å². The summed E-state index contributed by atoms with van der Waals surface area (Å²) in [7, 11) is 0. The molecule has 0 saturated carbocycles. The normalized spacial score (nSPS) is 10.2. The monoisotopic (exact) mass is 403 g/mol. The summed E-state index contributed by atoms with van der Waals surface area (Å²) in [6.45, 7) is 7.94. The first kappa shape index (κ1) is 19.0. The third-order valence-electron chi connectivity index (χ3n) is 3.90. The molecule has 132 valence electrons. The van der Waals surface area contributed by atoms with Crippen molar-refractivity contribution in [2.45, 2.75) is 20.8 Å². The molecule has 0 aromatic heterocycles. The second kappa shape index (κ2) is 8.67. The lowest BCUT2D eigenvalue weighted by molar-refractivity contribution is -0.133. The second-order valence-corrected chi connectivity index (χ2v) is 6.50. The number of rotatable bonds is 5. The summed E-state index contributed by atoms with van der Waals surface area (Å²) in [5, 5.41) is 5.24. The van der Waals surface area contributed by atoms with Crippen LogP contribution >= 0.6 is 15.9 Å². The molecule has 0 unspecified atom stereocenters. The summed E-state index contributed by atoms with van der Waals surface area (Å²) in [4.78, 5) is 26.4. The van der Waals surface area contributed by atoms with E-state index >= 15 is 0 Å². The van der Waals surface area contributed by atoms with E-state index < -0.39 is 11.8 Å². The van der Waals surface area contributed by atoms with Crippen molar-refractivity contribution in [3.05, 3.63) is 52.5 Å². The van der Waals surface area contributed by atoms with Gasteiger partial charge in [0.05, 0.1) is 0 Å². The fourth-order valence-corrected chi connectivity index (χ4v) is 2.74. The van der Waals surface area contributed by atoms with Crippen LogP contribution in [0.25, 0.3) is 0 Å². The molecular weight excluding hydrogens is 382 g/mol. The van der Waals surface area contributed by atoms with Gasteiger partial charge in [0.2, 0.25) is 0 Å². The minimum Gasteiger partial charge on any atom is -0.372 e. The van der Waals surface area contributed by atoms with Crippen molar-refractivity contribution in [3.63, 3.8) is 0 Å². The van der Waals surface area contributed by atoms with Crippen molar-refractivity contribution in [2.75, 3.05) is 28.6 Å². The van der Waals surface area contributed by atoms with Gasteiger partial charge in [0.25, 0.3) is 0 Å². The van der Waals surface area contributed by atoms with E-state index in [1.807, 2.05) is 25.1 Å². The van der Waals surface area contributed by atoms with Crippen LogP contribution in [0.15, 0.2) is 46.9 Å². The molecule has 0 aliphatic carbocycles. The summed E-state index contributed by atoms with van der Waals surface area (Å²) < 4.78 is 0.902. The van der Waals surface area contributed by atoms with E-state index in [0.29, 0.717) is 11.4 Å². The van der Waals surface area contributed by atoms with Gasteiger partial charge in [0.15, 0.2) is 0 Å². The summed E-state index contributed by atoms with van der Waals surface area (Å²) in [5.41, 5.74) is 3.21. The lowest BCUT2D eigenvalue weighted by atomic mass is 10.1. The molecule has 0 spiro atoms. The second-order valence-electron chi connectivity index (χ2n) is 5.59. The topological polar surface area (TPSA) is 61.4 Å². The van der Waals surface area contributed by atoms with Crippen LogP contribution in [0.5, 0.6) is 0 Å². The van der Waals surface area contributed by atoms with E-state index in [0.717, 1.165) is 28.8 Å². The Kier molecular flexibility index (Phi) is 6.58. The zero-order chi connectivity index (χ0) is 18.4. The Morgan fingerprint density at radius 2 is 1.56 bits per heavy atom. The first-order valence-electron chi connectivity index (χ1n) is 8.18. The number of nitrogens with one attached hydrogen (secondary N) is 2. The van der Waals surface area contributed by atoms with Crippen molar-refractivity contribution < 1.29 is 9.59 Å². The largest absolute Gasteiger partial charge is 0.372 e. The number of nitrogens with zero attached hydrogens (tertiary/aromatic N) is 1. The lowest BCUT2D eigenvalue weighted by Gasteiger charge is -2.22. The number of carbonyl (C=O) groups excluding carboxylic acids is 2. The highest BCUT2D eigenvalue weighted by Crippen LogP contribution is 2.22. The number of hydrogen-bond donors (Lipinski definition) is 2. The van der Waals surface area contributed by atoms with Crippen LogP contribution in [0.4, 0.5) is 17.1 Å². The van der Waals surface area contributed by atoms with E-state index in [2.05, 4.69) is 45.3 Å². The molecule has 0 heterocycles. The van der Waals surface area contributed by atoms with Gasteiger partial charge < -0.3 is 15.5 Å². The Bertz CT molecular complexity index is 756. The van der Waals surface area contributed by atoms with Gasteiger partial charge in [-0.1, -0.05) is 15.9 Å². The predicted molar refractivity (Wildman–Crippen MR) is 106 cm³/mol. The summed E-state index contributed by atoms with van der Waals surface area (Å²) in [6.07, 6.45) is 0. The van der Waals surface area contributed by atoms with Crippen LogP contribution < -0.4 is 15.5 Å². The summed E-state index contributed by atoms with van der Waals surface area (Å²) in [5.74, 6) is -1.39. The SMILES string of the molecule is CCN(CC)c1ccc(NC(=O)C(=O)Nc2ccc(Br)cc2)c(C)c1. The van der Waals surface area contributed by atoms with Crippen LogP contribution in [0.2, 0.25) is 0 Å². The molecule has 0 atom stereocenters. The van der Waals surface area contributed by atoms with Crippen LogP contribution in [0.3, 0.4) is 0 Å². The van der Waals surface area contributed by atoms with Crippen molar-refractivity contribution in [2.24, 2.45) is 0 Å². The van der Waals surface area contributed by atoms with Crippen molar-refractivity contribution in [1.29, 1.82) is 0 Å². The Labute approximate surface area is 156 Å². The smallest absolute Gasteiger partial charge is 0.314 e. The molecule has 2 aromatic carbocycles. The van der Waals surface area contributed by atoms with Gasteiger partial charge >= 0.3 is 11.8 Å². The minimum atomic E-state index is -0.699. The predicted octanol–water partition coefficient (Wildman–Crippen LogP) is 4.18. The molecule has 2 amide bonds. The quantitative estimate of drug-likeness (QED) is 0.735. The average molecular weight is 404 g/mol. The van der Waals surface area contributed by atoms with Gasteiger partial charge in [0, 0.05) is 34.6 Å². The number of aryl methyl sites for hydroxylation is 1. The van der Waals surface area contributed by atoms with Gasteiger partial charge in [-0.15, -0.1) is 0 Å². The molecule has 0 aliphatic rings. The average Bonchev–Trinajstić information content (AvgIpc) is 2.60. The van der Waals surface area contributed by atoms with Gasteiger partial charge in [0.1, 0.15) is 0 Å². The highest BCUT2D eigenvalue weighted by Gasteiger charge is 2.15.